The van der Waals surface area contributed by atoms with Gasteiger partial charge >= 0.3 is 0 Å². The smallest absolute Gasteiger partial charge is 0.0871 e. The van der Waals surface area contributed by atoms with Crippen molar-refractivity contribution < 1.29 is 14.9 Å². The second-order valence-corrected chi connectivity index (χ2v) is 6.20. The molecule has 0 aromatic heterocycles. The van der Waals surface area contributed by atoms with Crippen LogP contribution in [0.2, 0.25) is 0 Å². The average molecular weight is 288 g/mol. The van der Waals surface area contributed by atoms with Crippen LogP contribution < -0.4 is 0 Å². The van der Waals surface area contributed by atoms with Gasteiger partial charge in [0.15, 0.2) is 0 Å². The summed E-state index contributed by atoms with van der Waals surface area (Å²) in [7, 11) is 0. The Balaban J connectivity index is 3.06. The molecule has 3 heteroatoms. The Labute approximate surface area is 125 Å². The minimum absolute atomic E-state index is 0.200. The number of ether oxygens (including phenoxy) is 1. The zero-order valence-corrected chi connectivity index (χ0v) is 13.7. The summed E-state index contributed by atoms with van der Waals surface area (Å²) >= 11 is 0. The van der Waals surface area contributed by atoms with Crippen LogP contribution in [0.3, 0.4) is 0 Å². The minimum Gasteiger partial charge on any atom is -0.393 e. The lowest BCUT2D eigenvalue weighted by Crippen LogP contribution is -2.30. The van der Waals surface area contributed by atoms with E-state index in [2.05, 4.69) is 6.92 Å². The monoisotopic (exact) mass is 288 g/mol. The summed E-state index contributed by atoms with van der Waals surface area (Å²) in [4.78, 5) is 0. The van der Waals surface area contributed by atoms with Gasteiger partial charge in [0.25, 0.3) is 0 Å². The molecule has 0 aromatic carbocycles. The molecule has 0 aliphatic carbocycles. The standard InChI is InChI=1S/C17H36O3/c1-3-4-5-6-7-8-9-10-11-12-14-20-15-13-17(2,19)16-18/h18-19H,3-16H2,1-2H3. The van der Waals surface area contributed by atoms with Crippen molar-refractivity contribution in [2.75, 3.05) is 19.8 Å². The molecule has 122 valence electrons. The van der Waals surface area contributed by atoms with Crippen LogP contribution in [0.1, 0.15) is 84.5 Å². The summed E-state index contributed by atoms with van der Waals surface area (Å²) in [6.07, 6.45) is 13.8. The highest BCUT2D eigenvalue weighted by Crippen LogP contribution is 2.11. The van der Waals surface area contributed by atoms with Crippen molar-refractivity contribution >= 4 is 0 Å². The van der Waals surface area contributed by atoms with Crippen LogP contribution in [0.5, 0.6) is 0 Å². The van der Waals surface area contributed by atoms with E-state index in [0.29, 0.717) is 13.0 Å². The number of rotatable bonds is 15. The van der Waals surface area contributed by atoms with Gasteiger partial charge < -0.3 is 14.9 Å². The molecule has 0 bridgehead atoms. The number of hydrogen-bond donors (Lipinski definition) is 2. The third-order valence-electron chi connectivity index (χ3n) is 3.77. The molecule has 3 nitrogen and oxygen atoms in total. The van der Waals surface area contributed by atoms with Gasteiger partial charge in [-0.05, 0) is 13.3 Å². The summed E-state index contributed by atoms with van der Waals surface area (Å²) in [6.45, 7) is 5.00. The average Bonchev–Trinajstić information content (AvgIpc) is 2.44. The second kappa shape index (κ2) is 13.8. The van der Waals surface area contributed by atoms with Crippen LogP contribution in [0.4, 0.5) is 0 Å². The third kappa shape index (κ3) is 14.3. The SMILES string of the molecule is CCCCCCCCCCCCOCCC(C)(O)CO. The van der Waals surface area contributed by atoms with Crippen molar-refractivity contribution in [3.63, 3.8) is 0 Å². The van der Waals surface area contributed by atoms with E-state index in [1.807, 2.05) is 0 Å². The Morgan fingerprint density at radius 2 is 1.30 bits per heavy atom. The molecule has 0 saturated heterocycles. The van der Waals surface area contributed by atoms with Crippen molar-refractivity contribution in [3.05, 3.63) is 0 Å². The van der Waals surface area contributed by atoms with E-state index in [-0.39, 0.29) is 6.61 Å². The molecule has 0 saturated carbocycles. The highest BCUT2D eigenvalue weighted by molar-refractivity contribution is 4.69. The van der Waals surface area contributed by atoms with Crippen LogP contribution in [0, 0.1) is 0 Å². The maximum absolute atomic E-state index is 9.57. The number of hydrogen-bond acceptors (Lipinski definition) is 3. The summed E-state index contributed by atoms with van der Waals surface area (Å²) in [5, 5.41) is 18.5. The lowest BCUT2D eigenvalue weighted by molar-refractivity contribution is -0.0269. The van der Waals surface area contributed by atoms with E-state index in [4.69, 9.17) is 9.84 Å². The summed E-state index contributed by atoms with van der Waals surface area (Å²) in [6, 6.07) is 0. The molecule has 0 aromatic rings. The van der Waals surface area contributed by atoms with E-state index in [1.54, 1.807) is 6.92 Å². The first-order valence-corrected chi connectivity index (χ1v) is 8.53. The predicted octanol–water partition coefficient (Wildman–Crippen LogP) is 4.06. The zero-order chi connectivity index (χ0) is 15.1. The molecule has 0 amide bonds. The molecule has 0 aliphatic heterocycles. The molecule has 1 atom stereocenters. The van der Waals surface area contributed by atoms with Crippen LogP contribution in [-0.2, 0) is 4.74 Å². The van der Waals surface area contributed by atoms with Gasteiger partial charge in [-0.2, -0.15) is 0 Å². The van der Waals surface area contributed by atoms with Gasteiger partial charge in [0.2, 0.25) is 0 Å². The molecule has 0 rings (SSSR count). The summed E-state index contributed by atoms with van der Waals surface area (Å²) in [5.74, 6) is 0. The van der Waals surface area contributed by atoms with Gasteiger partial charge in [-0.1, -0.05) is 64.7 Å². The Morgan fingerprint density at radius 1 is 0.800 bits per heavy atom. The van der Waals surface area contributed by atoms with Crippen LogP contribution in [0.15, 0.2) is 0 Å². The van der Waals surface area contributed by atoms with Gasteiger partial charge in [-0.3, -0.25) is 0 Å². The largest absolute Gasteiger partial charge is 0.393 e. The van der Waals surface area contributed by atoms with E-state index >= 15 is 0 Å². The lowest BCUT2D eigenvalue weighted by atomic mass is 10.1. The van der Waals surface area contributed by atoms with Crippen molar-refractivity contribution in [1.82, 2.24) is 0 Å². The van der Waals surface area contributed by atoms with E-state index in [1.165, 1.54) is 57.8 Å². The first-order chi connectivity index (χ1) is 9.62. The van der Waals surface area contributed by atoms with Gasteiger partial charge in [-0.25, -0.2) is 0 Å². The Kier molecular flexibility index (Phi) is 13.8. The number of unbranched alkanes of at least 4 members (excludes halogenated alkanes) is 9. The lowest BCUT2D eigenvalue weighted by Gasteiger charge is -2.19. The van der Waals surface area contributed by atoms with E-state index in [9.17, 15) is 5.11 Å². The molecule has 0 fully saturated rings. The molecular formula is C17H36O3. The van der Waals surface area contributed by atoms with Crippen LogP contribution in [-0.4, -0.2) is 35.6 Å². The number of aliphatic hydroxyl groups is 2. The Hall–Kier alpha value is -0.120. The molecule has 0 spiro atoms. The summed E-state index contributed by atoms with van der Waals surface area (Å²) < 4.78 is 5.47. The highest BCUT2D eigenvalue weighted by atomic mass is 16.5. The first-order valence-electron chi connectivity index (χ1n) is 8.53. The fourth-order valence-electron chi connectivity index (χ4n) is 2.16. The first kappa shape index (κ1) is 19.9. The highest BCUT2D eigenvalue weighted by Gasteiger charge is 2.17. The fraction of sp³-hybridized carbons (Fsp3) is 1.00. The van der Waals surface area contributed by atoms with Crippen molar-refractivity contribution in [1.29, 1.82) is 0 Å². The van der Waals surface area contributed by atoms with Crippen molar-refractivity contribution in [3.8, 4) is 0 Å². The van der Waals surface area contributed by atoms with Gasteiger partial charge in [0.05, 0.1) is 12.2 Å². The molecule has 0 heterocycles. The normalized spacial score (nSPS) is 14.4. The molecule has 0 aliphatic rings. The zero-order valence-electron chi connectivity index (χ0n) is 13.7. The van der Waals surface area contributed by atoms with Gasteiger partial charge in [0.1, 0.15) is 0 Å². The predicted molar refractivity (Wildman–Crippen MR) is 85.0 cm³/mol. The molecule has 2 N–H and O–H groups in total. The van der Waals surface area contributed by atoms with Crippen LogP contribution in [0.25, 0.3) is 0 Å². The molecule has 0 radical (unpaired) electrons. The second-order valence-electron chi connectivity index (χ2n) is 6.20. The molecular weight excluding hydrogens is 252 g/mol. The van der Waals surface area contributed by atoms with Gasteiger partial charge in [0, 0.05) is 19.6 Å². The Bertz CT molecular complexity index is 193. The van der Waals surface area contributed by atoms with Crippen LogP contribution >= 0.6 is 0 Å². The minimum atomic E-state index is -0.988. The van der Waals surface area contributed by atoms with Gasteiger partial charge in [-0.15, -0.1) is 0 Å². The van der Waals surface area contributed by atoms with E-state index in [0.717, 1.165) is 13.0 Å². The van der Waals surface area contributed by atoms with Crippen molar-refractivity contribution in [2.24, 2.45) is 0 Å². The molecule has 1 unspecified atom stereocenters. The number of aliphatic hydroxyl groups excluding tert-OH is 1. The van der Waals surface area contributed by atoms with E-state index < -0.39 is 5.60 Å². The fourth-order valence-corrected chi connectivity index (χ4v) is 2.16. The topological polar surface area (TPSA) is 49.7 Å². The van der Waals surface area contributed by atoms with Crippen molar-refractivity contribution in [2.45, 2.75) is 90.1 Å². The summed E-state index contributed by atoms with van der Waals surface area (Å²) in [5.41, 5.74) is -0.988. The quantitative estimate of drug-likeness (QED) is 0.447. The Morgan fingerprint density at radius 3 is 1.80 bits per heavy atom. The molecule has 20 heavy (non-hydrogen) atoms. The maximum atomic E-state index is 9.57. The third-order valence-corrected chi connectivity index (χ3v) is 3.77. The maximum Gasteiger partial charge on any atom is 0.0871 e.